The Morgan fingerprint density at radius 1 is 0.730 bits per heavy atom. The smallest absolute Gasteiger partial charge is 0.265 e. The van der Waals surface area contributed by atoms with Gasteiger partial charge < -0.3 is 57.7 Å². The fourth-order valence-corrected chi connectivity index (χ4v) is 7.09. The number of ether oxygens (including phenoxy) is 2. The van der Waals surface area contributed by atoms with Crippen molar-refractivity contribution in [2.45, 2.75) is 105 Å². The summed E-state index contributed by atoms with van der Waals surface area (Å²) in [7, 11) is 3.64. The minimum Gasteiger partial charge on any atom is -0.487 e. The van der Waals surface area contributed by atoms with E-state index >= 15 is 0 Å². The van der Waals surface area contributed by atoms with Gasteiger partial charge in [-0.3, -0.25) is 28.8 Å². The molecule has 0 saturated heterocycles. The molecular weight excluding hydrogens is 949 g/mol. The summed E-state index contributed by atoms with van der Waals surface area (Å²) in [6, 6.07) is 21.4. The minimum atomic E-state index is -0.411. The molecule has 0 radical (unpaired) electrons. The highest BCUT2D eigenvalue weighted by molar-refractivity contribution is 6.26. The van der Waals surface area contributed by atoms with Gasteiger partial charge in [0.05, 0.1) is 32.0 Å². The third-order valence-electron chi connectivity index (χ3n) is 11.5. The van der Waals surface area contributed by atoms with Gasteiger partial charge in [-0.05, 0) is 107 Å². The van der Waals surface area contributed by atoms with E-state index in [0.717, 1.165) is 49.4 Å². The molecule has 1 aromatic heterocycles. The Morgan fingerprint density at radius 3 is 1.89 bits per heavy atom. The highest BCUT2D eigenvalue weighted by Crippen LogP contribution is 2.20. The largest absolute Gasteiger partial charge is 0.487 e. The second kappa shape index (κ2) is 32.8. The summed E-state index contributed by atoms with van der Waals surface area (Å²) in [6.45, 7) is 13.2. The second-order valence-electron chi connectivity index (χ2n) is 19.4. The first kappa shape index (κ1) is 61.1. The summed E-state index contributed by atoms with van der Waals surface area (Å²) in [4.78, 5) is 76.4. The molecule has 21 heteroatoms. The Hall–Kier alpha value is -7.23. The molecule has 0 aliphatic rings. The molecule has 10 N–H and O–H groups in total. The van der Waals surface area contributed by atoms with E-state index in [2.05, 4.69) is 60.0 Å². The van der Waals surface area contributed by atoms with Gasteiger partial charge in [0.2, 0.25) is 12.3 Å². The van der Waals surface area contributed by atoms with Gasteiger partial charge in [-0.25, -0.2) is 4.68 Å². The Labute approximate surface area is 435 Å². The number of rotatable bonds is 33. The molecule has 4 aromatic rings. The summed E-state index contributed by atoms with van der Waals surface area (Å²) < 4.78 is 13.7. The van der Waals surface area contributed by atoms with Crippen LogP contribution < -0.4 is 48.1 Å². The van der Waals surface area contributed by atoms with Crippen molar-refractivity contribution in [2.75, 3.05) is 53.5 Å². The number of amides is 6. The van der Waals surface area contributed by atoms with Gasteiger partial charge in [-0.2, -0.15) is 0 Å². The first-order valence-corrected chi connectivity index (χ1v) is 24.8. The molecule has 404 valence electrons. The lowest BCUT2D eigenvalue weighted by Gasteiger charge is -2.29. The first-order valence-electron chi connectivity index (χ1n) is 24.8. The molecule has 21 nitrogen and oxygen atoms in total. The Bertz CT molecular complexity index is 2410. The zero-order valence-corrected chi connectivity index (χ0v) is 44.0. The number of hydrogen-bond acceptors (Lipinski definition) is 14. The summed E-state index contributed by atoms with van der Waals surface area (Å²) >= 11 is 0. The van der Waals surface area contributed by atoms with Crippen molar-refractivity contribution in [3.8, 4) is 5.75 Å². The van der Waals surface area contributed by atoms with Crippen LogP contribution in [0.5, 0.6) is 5.75 Å². The van der Waals surface area contributed by atoms with Gasteiger partial charge >= 0.3 is 0 Å². The summed E-state index contributed by atoms with van der Waals surface area (Å²) in [5.74, 6) is -0.883. The standard InChI is InChI=1S/C52H75N11O8.CH3NO/c1-37(54-6)15-8-10-23-56-49(67)41-19-13-17-39(26-41)31-71-60-28-46(64)58-33-51(2,3)35-69-36-52(4,5)34-59-50(68)42-20-14-21-44(27-42)70-32-43-30-63(62-61-43)29-38-16-12-18-40(25-38)48(66)57-24-11-9-22-45(55-7)47(53)65;2-1-3/h12-14,16-21,25-28,30,37,45,54-55H,8-11,15,22-24,29,31-36H2,1-7H3,(H2,53,65)(H,56,67)(H,57,66)(H,58,64)(H,59,68);1H,(H2,2,3)/b60-28+;/t37?,45-;/m0./s1. The van der Waals surface area contributed by atoms with Crippen molar-refractivity contribution in [3.05, 3.63) is 113 Å². The van der Waals surface area contributed by atoms with E-state index in [1.807, 2.05) is 59.0 Å². The van der Waals surface area contributed by atoms with Gasteiger partial charge in [0, 0.05) is 59.7 Å². The van der Waals surface area contributed by atoms with E-state index < -0.39 is 16.7 Å². The van der Waals surface area contributed by atoms with Crippen LogP contribution in [0.3, 0.4) is 0 Å². The summed E-state index contributed by atoms with van der Waals surface area (Å²) in [6.07, 6.45) is 8.16. The highest BCUT2D eigenvalue weighted by Gasteiger charge is 2.24. The number of likely N-dealkylation sites (N-methyl/N-ethyl adjacent to an activating group) is 1. The van der Waals surface area contributed by atoms with Crippen LogP contribution in [0.2, 0.25) is 0 Å². The average molecular weight is 1030 g/mol. The van der Waals surface area contributed by atoms with Gasteiger partial charge in [0.1, 0.15) is 30.9 Å². The zero-order chi connectivity index (χ0) is 54.4. The van der Waals surface area contributed by atoms with Crippen molar-refractivity contribution in [1.82, 2.24) is 46.9 Å². The maximum atomic E-state index is 13.2. The Kier molecular flexibility index (Phi) is 27.0. The van der Waals surface area contributed by atoms with Gasteiger partial charge in [0.25, 0.3) is 23.6 Å². The first-order chi connectivity index (χ1) is 35.4. The molecule has 74 heavy (non-hydrogen) atoms. The third kappa shape index (κ3) is 24.5. The van der Waals surface area contributed by atoms with Gasteiger partial charge in [0.15, 0.2) is 0 Å². The molecule has 1 unspecified atom stereocenters. The predicted molar refractivity (Wildman–Crippen MR) is 283 cm³/mol. The van der Waals surface area contributed by atoms with E-state index in [1.54, 1.807) is 66.5 Å². The molecule has 0 bridgehead atoms. The van der Waals surface area contributed by atoms with E-state index in [9.17, 15) is 24.0 Å². The molecule has 3 aromatic carbocycles. The molecule has 4 rings (SSSR count). The van der Waals surface area contributed by atoms with E-state index in [4.69, 9.17) is 24.8 Å². The maximum absolute atomic E-state index is 13.2. The number of aromatic nitrogens is 3. The number of nitrogens with one attached hydrogen (secondary N) is 6. The lowest BCUT2D eigenvalue weighted by Crippen LogP contribution is -2.40. The molecule has 0 saturated carbocycles. The number of nitrogens with zero attached hydrogens (tertiary/aromatic N) is 4. The van der Waals surface area contributed by atoms with Crippen LogP contribution in [0.1, 0.15) is 121 Å². The van der Waals surface area contributed by atoms with Crippen LogP contribution in [0.15, 0.2) is 84.1 Å². The molecular formula is C53H78N12O9. The number of carbonyl (C=O) groups is 6. The SMILES string of the molecule is CNC(C)CCCCNC(=O)c1cccc(CO/N=C/C(=O)NCC(C)(C)COCC(C)(C)CNC(=O)c2cccc(OCc3cn(Cc4cccc(C(=O)NCCCC[C@H](NC)C(N)=O)c4)nn3)c2)c1.NC=O. The quantitative estimate of drug-likeness (QED) is 0.0147. The fourth-order valence-electron chi connectivity index (χ4n) is 7.09. The normalized spacial score (nSPS) is 12.1. The number of oxime groups is 1. The maximum Gasteiger partial charge on any atom is 0.265 e. The number of benzene rings is 3. The zero-order valence-electron chi connectivity index (χ0n) is 44.0. The topological polar surface area (TPSA) is 297 Å². The van der Waals surface area contributed by atoms with Crippen molar-refractivity contribution < 1.29 is 43.1 Å². The third-order valence-corrected chi connectivity index (χ3v) is 11.5. The van der Waals surface area contributed by atoms with Crippen molar-refractivity contribution >= 4 is 42.2 Å². The van der Waals surface area contributed by atoms with Crippen LogP contribution in [0.25, 0.3) is 0 Å². The van der Waals surface area contributed by atoms with Gasteiger partial charge in [-0.15, -0.1) is 5.10 Å². The van der Waals surface area contributed by atoms with Crippen LogP contribution in [0, 0.1) is 10.8 Å². The van der Waals surface area contributed by atoms with E-state index in [1.165, 1.54) is 0 Å². The molecule has 0 spiro atoms. The summed E-state index contributed by atoms with van der Waals surface area (Å²) in [5.41, 5.74) is 12.5. The van der Waals surface area contributed by atoms with Crippen LogP contribution >= 0.6 is 0 Å². The van der Waals surface area contributed by atoms with Crippen LogP contribution in [0.4, 0.5) is 0 Å². The Morgan fingerprint density at radius 2 is 1.28 bits per heavy atom. The van der Waals surface area contributed by atoms with Crippen LogP contribution in [-0.2, 0) is 43.7 Å². The number of unbranched alkanes of at least 4 members (excludes halogenated alkanes) is 2. The van der Waals surface area contributed by atoms with E-state index in [0.29, 0.717) is 86.5 Å². The van der Waals surface area contributed by atoms with Crippen LogP contribution in [-0.4, -0.2) is 123 Å². The average Bonchev–Trinajstić information content (AvgIpc) is 3.83. The monoisotopic (exact) mass is 1030 g/mol. The second-order valence-corrected chi connectivity index (χ2v) is 19.4. The van der Waals surface area contributed by atoms with Crippen molar-refractivity contribution in [2.24, 2.45) is 27.5 Å². The fraction of sp³-hybridized carbons (Fsp3) is 0.491. The molecule has 1 heterocycles. The lowest BCUT2D eigenvalue weighted by molar-refractivity contribution is -0.120. The molecule has 6 amide bonds. The highest BCUT2D eigenvalue weighted by atomic mass is 16.6. The molecule has 0 aliphatic heterocycles. The predicted octanol–water partition coefficient (Wildman–Crippen LogP) is 3.61. The minimum absolute atomic E-state index is 0.101. The number of primary amides is 2. The number of carbonyl (C=O) groups excluding carboxylic acids is 6. The number of nitrogens with two attached hydrogens (primary N) is 2. The van der Waals surface area contributed by atoms with E-state index in [-0.39, 0.29) is 49.3 Å². The summed E-state index contributed by atoms with van der Waals surface area (Å²) in [5, 5.41) is 30.1. The van der Waals surface area contributed by atoms with Crippen molar-refractivity contribution in [3.63, 3.8) is 0 Å². The lowest BCUT2D eigenvalue weighted by atomic mass is 9.93. The molecule has 0 aliphatic carbocycles. The van der Waals surface area contributed by atoms with Gasteiger partial charge in [-0.1, -0.05) is 74.8 Å². The van der Waals surface area contributed by atoms with Crippen molar-refractivity contribution in [1.29, 1.82) is 0 Å². The molecule has 2 atom stereocenters. The number of hydrogen-bond donors (Lipinski definition) is 8. The Balaban J connectivity index is 0.00000469. The molecule has 0 fully saturated rings.